The third-order valence-electron chi connectivity index (χ3n) is 5.22. The molecule has 3 aromatic rings. The van der Waals surface area contributed by atoms with Crippen molar-refractivity contribution in [2.75, 3.05) is 18.9 Å². The number of nitrogens with one attached hydrogen (secondary N) is 3. The molecule has 0 fully saturated rings. The number of carbonyl (C=O) groups is 3. The summed E-state index contributed by atoms with van der Waals surface area (Å²) in [4.78, 5) is 59.9. The maximum Gasteiger partial charge on any atom is 0.328 e. The molecule has 1 amide bonds. The molecule has 35 heavy (non-hydrogen) atoms. The summed E-state index contributed by atoms with van der Waals surface area (Å²) in [6, 6.07) is 2.62. The maximum absolute atomic E-state index is 12.7. The average molecular weight is 504 g/mol. The summed E-state index contributed by atoms with van der Waals surface area (Å²) in [6.07, 6.45) is 3.94. The molecule has 0 radical (unpaired) electrons. The molecule has 188 valence electrons. The summed E-state index contributed by atoms with van der Waals surface area (Å²) in [5.74, 6) is -1.38. The number of anilines is 1. The lowest BCUT2D eigenvalue weighted by Gasteiger charge is -2.16. The molecule has 0 aliphatic carbocycles. The van der Waals surface area contributed by atoms with E-state index in [0.717, 1.165) is 16.9 Å². The van der Waals surface area contributed by atoms with Crippen molar-refractivity contribution in [2.24, 2.45) is 0 Å². The highest BCUT2D eigenvalue weighted by molar-refractivity contribution is 7.14. The monoisotopic (exact) mass is 503 g/mol. The first-order chi connectivity index (χ1) is 16.8. The fraction of sp³-hybridized carbons (Fsp3) is 0.435. The number of hydrogen-bond acceptors (Lipinski definition) is 9. The van der Waals surface area contributed by atoms with Gasteiger partial charge in [-0.2, -0.15) is 4.98 Å². The van der Waals surface area contributed by atoms with Crippen LogP contribution in [0.3, 0.4) is 0 Å². The molecule has 3 heterocycles. The Morgan fingerprint density at radius 2 is 1.94 bits per heavy atom. The molecule has 1 atom stereocenters. The van der Waals surface area contributed by atoms with Crippen molar-refractivity contribution in [1.29, 1.82) is 0 Å². The second-order valence-corrected chi connectivity index (χ2v) is 8.90. The summed E-state index contributed by atoms with van der Waals surface area (Å²) in [6.45, 7) is 3.78. The molecule has 0 spiro atoms. The average Bonchev–Trinajstić information content (AvgIpc) is 3.44. The number of amides is 1. The van der Waals surface area contributed by atoms with Gasteiger partial charge in [0.2, 0.25) is 5.95 Å². The molecule has 0 bridgehead atoms. The molecule has 3 rings (SSSR count). The zero-order valence-corrected chi connectivity index (χ0v) is 20.5. The fourth-order valence-electron chi connectivity index (χ4n) is 3.62. The van der Waals surface area contributed by atoms with E-state index in [1.54, 1.807) is 26.1 Å². The molecule has 0 saturated heterocycles. The lowest BCUT2D eigenvalue weighted by Crippen LogP contribution is -2.42. The number of rotatable bonds is 12. The predicted molar refractivity (Wildman–Crippen MR) is 131 cm³/mol. The largest absolute Gasteiger partial charge is 0.466 e. The number of carbonyl (C=O) groups excluding carboxylic acids is 3. The molecule has 0 unspecified atom stereocenters. The van der Waals surface area contributed by atoms with E-state index in [4.69, 9.17) is 15.2 Å². The van der Waals surface area contributed by atoms with Crippen LogP contribution in [0.4, 0.5) is 5.95 Å². The van der Waals surface area contributed by atoms with Crippen molar-refractivity contribution in [3.05, 3.63) is 44.0 Å². The molecule has 12 heteroatoms. The Bertz CT molecular complexity index is 1250. The maximum atomic E-state index is 12.7. The molecule has 5 N–H and O–H groups in total. The van der Waals surface area contributed by atoms with Gasteiger partial charge in [0.05, 0.1) is 23.5 Å². The van der Waals surface area contributed by atoms with Crippen LogP contribution in [0.5, 0.6) is 0 Å². The van der Waals surface area contributed by atoms with Gasteiger partial charge in [0, 0.05) is 17.5 Å². The Labute approximate surface area is 205 Å². The van der Waals surface area contributed by atoms with Crippen molar-refractivity contribution in [1.82, 2.24) is 20.3 Å². The number of nitrogens with two attached hydrogens (primary N) is 1. The predicted octanol–water partition coefficient (Wildman–Crippen LogP) is 2.07. The van der Waals surface area contributed by atoms with E-state index in [1.165, 1.54) is 11.3 Å². The second kappa shape index (κ2) is 12.2. The van der Waals surface area contributed by atoms with E-state index in [2.05, 4.69) is 20.3 Å². The van der Waals surface area contributed by atoms with Crippen molar-refractivity contribution in [2.45, 2.75) is 52.0 Å². The van der Waals surface area contributed by atoms with E-state index < -0.39 is 23.9 Å². The van der Waals surface area contributed by atoms with Gasteiger partial charge in [-0.3, -0.25) is 19.4 Å². The minimum absolute atomic E-state index is 0.00786. The number of aryl methyl sites for hydroxylation is 2. The highest BCUT2D eigenvalue weighted by Crippen LogP contribution is 2.21. The molecular formula is C23H29N5O6S. The zero-order chi connectivity index (χ0) is 25.4. The van der Waals surface area contributed by atoms with Crippen molar-refractivity contribution >= 4 is 46.2 Å². The van der Waals surface area contributed by atoms with Gasteiger partial charge in [-0.05, 0) is 57.2 Å². The van der Waals surface area contributed by atoms with Gasteiger partial charge in [0.1, 0.15) is 11.7 Å². The second-order valence-electron chi connectivity index (χ2n) is 7.73. The number of fused-ring (bicyclic) bond motifs is 1. The van der Waals surface area contributed by atoms with Gasteiger partial charge in [0.25, 0.3) is 11.5 Å². The lowest BCUT2D eigenvalue weighted by molar-refractivity contribution is -0.146. The summed E-state index contributed by atoms with van der Waals surface area (Å²) in [5, 5.41) is 3.17. The number of hydrogen-bond donors (Lipinski definition) is 4. The van der Waals surface area contributed by atoms with Gasteiger partial charge in [-0.25, -0.2) is 4.79 Å². The Morgan fingerprint density at radius 1 is 1.17 bits per heavy atom. The number of H-pyrrole nitrogens is 2. The Balaban J connectivity index is 1.57. The normalized spacial score (nSPS) is 11.8. The molecular weight excluding hydrogens is 474 g/mol. The Hall–Kier alpha value is -3.67. The van der Waals surface area contributed by atoms with Crippen LogP contribution in [0, 0.1) is 0 Å². The number of nitrogen functional groups attached to an aromatic ring is 1. The molecule has 3 aromatic heterocycles. The minimum atomic E-state index is -0.944. The summed E-state index contributed by atoms with van der Waals surface area (Å²) >= 11 is 1.33. The van der Waals surface area contributed by atoms with Crippen LogP contribution < -0.4 is 16.6 Å². The first kappa shape index (κ1) is 25.9. The van der Waals surface area contributed by atoms with Crippen molar-refractivity contribution in [3.63, 3.8) is 0 Å². The van der Waals surface area contributed by atoms with Crippen LogP contribution in [0.2, 0.25) is 0 Å². The van der Waals surface area contributed by atoms with Gasteiger partial charge in [-0.1, -0.05) is 0 Å². The smallest absolute Gasteiger partial charge is 0.328 e. The first-order valence-electron chi connectivity index (χ1n) is 11.4. The third-order valence-corrected chi connectivity index (χ3v) is 6.36. The van der Waals surface area contributed by atoms with Crippen LogP contribution in [0.15, 0.2) is 23.1 Å². The van der Waals surface area contributed by atoms with Gasteiger partial charge in [0.15, 0.2) is 0 Å². The summed E-state index contributed by atoms with van der Waals surface area (Å²) in [5.41, 5.74) is 6.60. The van der Waals surface area contributed by atoms with Gasteiger partial charge < -0.3 is 25.5 Å². The topological polar surface area (TPSA) is 169 Å². The Kier molecular flexibility index (Phi) is 9.01. The number of aromatic amines is 2. The number of esters is 2. The molecule has 0 aliphatic heterocycles. The lowest BCUT2D eigenvalue weighted by atomic mass is 10.1. The number of thiophene rings is 1. The minimum Gasteiger partial charge on any atom is -0.466 e. The number of aromatic nitrogens is 3. The molecule has 0 saturated carbocycles. The van der Waals surface area contributed by atoms with Crippen LogP contribution >= 0.6 is 11.3 Å². The van der Waals surface area contributed by atoms with Crippen LogP contribution in [-0.4, -0.2) is 52.1 Å². The highest BCUT2D eigenvalue weighted by Gasteiger charge is 2.24. The zero-order valence-electron chi connectivity index (χ0n) is 19.6. The molecule has 0 aromatic carbocycles. The van der Waals surface area contributed by atoms with E-state index in [9.17, 15) is 19.2 Å². The summed E-state index contributed by atoms with van der Waals surface area (Å²) in [7, 11) is 0. The van der Waals surface area contributed by atoms with Crippen LogP contribution in [0.25, 0.3) is 11.0 Å². The van der Waals surface area contributed by atoms with E-state index in [0.29, 0.717) is 28.8 Å². The van der Waals surface area contributed by atoms with E-state index in [1.807, 2.05) is 6.07 Å². The first-order valence-corrected chi connectivity index (χ1v) is 12.2. The third kappa shape index (κ3) is 6.92. The van der Waals surface area contributed by atoms with Crippen molar-refractivity contribution < 1.29 is 23.9 Å². The van der Waals surface area contributed by atoms with Gasteiger partial charge >= 0.3 is 11.9 Å². The highest BCUT2D eigenvalue weighted by atomic mass is 32.1. The number of nitrogens with zero attached hydrogens (tertiary/aromatic N) is 1. The summed E-state index contributed by atoms with van der Waals surface area (Å²) < 4.78 is 9.92. The standard InChI is InChI=1S/C23H29N5O6S/c1-3-33-17(29)11-9-15(22(32)34-4-2)26-20(30)16-10-8-14(35-16)7-5-6-13-12-25-19-18(13)21(31)28-23(24)27-19/h8,10,12,15H,3-7,9,11H2,1-2H3,(H,26,30)(H4,24,25,27,28,31)/t15-/m1/s1. The fourth-order valence-corrected chi connectivity index (χ4v) is 4.57. The van der Waals surface area contributed by atoms with Crippen LogP contribution in [0.1, 0.15) is 53.2 Å². The number of ether oxygens (including phenoxy) is 2. The van der Waals surface area contributed by atoms with Gasteiger partial charge in [-0.15, -0.1) is 11.3 Å². The molecule has 11 nitrogen and oxygen atoms in total. The molecule has 0 aliphatic rings. The Morgan fingerprint density at radius 3 is 2.69 bits per heavy atom. The quantitative estimate of drug-likeness (QED) is 0.272. The SMILES string of the molecule is CCOC(=O)CC[C@@H](NC(=O)c1ccc(CCCc2c[nH]c3nc(N)[nH]c(=O)c23)s1)C(=O)OCC. The van der Waals surface area contributed by atoms with E-state index >= 15 is 0 Å². The van der Waals surface area contributed by atoms with Crippen LogP contribution in [-0.2, 0) is 31.9 Å². The van der Waals surface area contributed by atoms with E-state index in [-0.39, 0.29) is 37.6 Å². The van der Waals surface area contributed by atoms with Crippen molar-refractivity contribution in [3.8, 4) is 0 Å².